The van der Waals surface area contributed by atoms with Crippen LogP contribution in [-0.4, -0.2) is 27.9 Å². The van der Waals surface area contributed by atoms with Gasteiger partial charge in [-0.25, -0.2) is 9.48 Å². The molecular formula is C12H13ClN2O3. The van der Waals surface area contributed by atoms with E-state index in [-0.39, 0.29) is 24.6 Å². The van der Waals surface area contributed by atoms with Crippen molar-refractivity contribution in [2.45, 2.75) is 13.5 Å². The number of para-hydroxylation sites is 1. The van der Waals surface area contributed by atoms with E-state index in [2.05, 4.69) is 0 Å². The summed E-state index contributed by atoms with van der Waals surface area (Å²) in [5, 5.41) is 0.482. The highest BCUT2D eigenvalue weighted by Crippen LogP contribution is 2.11. The van der Waals surface area contributed by atoms with Gasteiger partial charge in [-0.05, 0) is 19.1 Å². The summed E-state index contributed by atoms with van der Waals surface area (Å²) in [6.45, 7) is 2.22. The molecule has 96 valence electrons. The zero-order valence-corrected chi connectivity index (χ0v) is 10.7. The van der Waals surface area contributed by atoms with Crippen LogP contribution >= 0.6 is 11.6 Å². The van der Waals surface area contributed by atoms with Crippen LogP contribution in [0, 0.1) is 0 Å². The van der Waals surface area contributed by atoms with E-state index in [9.17, 15) is 9.59 Å². The summed E-state index contributed by atoms with van der Waals surface area (Å²) in [7, 11) is 0. The van der Waals surface area contributed by atoms with Crippen molar-refractivity contribution >= 4 is 28.6 Å². The minimum absolute atomic E-state index is 0.237. The molecule has 0 aliphatic heterocycles. The van der Waals surface area contributed by atoms with Crippen molar-refractivity contribution < 1.29 is 9.53 Å². The van der Waals surface area contributed by atoms with Crippen molar-refractivity contribution in [3.8, 4) is 0 Å². The number of aromatic nitrogens is 2. The lowest BCUT2D eigenvalue weighted by atomic mass is 10.2. The smallest absolute Gasteiger partial charge is 0.433 e. The van der Waals surface area contributed by atoms with Gasteiger partial charge in [0.25, 0.3) is 5.56 Å². The summed E-state index contributed by atoms with van der Waals surface area (Å²) in [6.07, 6.45) is -0.569. The molecule has 0 amide bonds. The third-order valence-electron chi connectivity index (χ3n) is 2.58. The Bertz CT molecular complexity index is 630. The lowest BCUT2D eigenvalue weighted by Gasteiger charge is -2.09. The van der Waals surface area contributed by atoms with Gasteiger partial charge < -0.3 is 4.74 Å². The average Bonchev–Trinajstić information content (AvgIpc) is 2.65. The first-order valence-corrected chi connectivity index (χ1v) is 6.17. The molecule has 5 nitrogen and oxygen atoms in total. The molecule has 18 heavy (non-hydrogen) atoms. The molecule has 0 bridgehead atoms. The van der Waals surface area contributed by atoms with Crippen LogP contribution in [0.25, 0.3) is 10.9 Å². The number of benzene rings is 1. The van der Waals surface area contributed by atoms with Crippen molar-refractivity contribution in [1.82, 2.24) is 9.36 Å². The highest BCUT2D eigenvalue weighted by Gasteiger charge is 2.18. The van der Waals surface area contributed by atoms with Gasteiger partial charge in [0.2, 0.25) is 0 Å². The number of carbonyl (C=O) groups excluding carboxylic acids is 1. The van der Waals surface area contributed by atoms with Gasteiger partial charge >= 0.3 is 6.09 Å². The molecule has 0 atom stereocenters. The lowest BCUT2D eigenvalue weighted by Crippen LogP contribution is -2.29. The maximum Gasteiger partial charge on any atom is 0.433 e. The molecule has 0 fully saturated rings. The van der Waals surface area contributed by atoms with Crippen LogP contribution in [0.15, 0.2) is 29.1 Å². The molecule has 6 heteroatoms. The fourth-order valence-electron chi connectivity index (χ4n) is 1.86. The molecule has 0 unspecified atom stereocenters. The Labute approximate surface area is 108 Å². The number of fused-ring (bicyclic) bond motifs is 1. The molecule has 2 aromatic rings. The van der Waals surface area contributed by atoms with Crippen LogP contribution < -0.4 is 5.56 Å². The Hall–Kier alpha value is -1.75. The van der Waals surface area contributed by atoms with E-state index in [1.807, 2.05) is 0 Å². The predicted octanol–water partition coefficient (Wildman–Crippen LogP) is 2.05. The molecular weight excluding hydrogens is 256 g/mol. The van der Waals surface area contributed by atoms with Gasteiger partial charge in [0.05, 0.1) is 24.1 Å². The molecule has 1 heterocycles. The standard InChI is InChI=1S/C12H13ClN2O3/c1-2-18-12(17)15-10-6-4-3-5-9(10)11(16)14(15)8-7-13/h3-6H,2,7-8H2,1H3. The van der Waals surface area contributed by atoms with Crippen LogP contribution in [0.5, 0.6) is 0 Å². The highest BCUT2D eigenvalue weighted by molar-refractivity contribution is 6.17. The fourth-order valence-corrected chi connectivity index (χ4v) is 2.02. The summed E-state index contributed by atoms with van der Waals surface area (Å²) in [5.74, 6) is 0.246. The van der Waals surface area contributed by atoms with Gasteiger partial charge in [-0.1, -0.05) is 12.1 Å². The van der Waals surface area contributed by atoms with Crippen molar-refractivity contribution in [2.75, 3.05) is 12.5 Å². The third-order valence-corrected chi connectivity index (χ3v) is 2.74. The topological polar surface area (TPSA) is 53.2 Å². The molecule has 1 aromatic heterocycles. The predicted molar refractivity (Wildman–Crippen MR) is 69.3 cm³/mol. The van der Waals surface area contributed by atoms with E-state index in [0.29, 0.717) is 10.9 Å². The lowest BCUT2D eigenvalue weighted by molar-refractivity contribution is 0.147. The normalized spacial score (nSPS) is 10.8. The summed E-state index contributed by atoms with van der Waals surface area (Å²) in [6, 6.07) is 6.91. The summed E-state index contributed by atoms with van der Waals surface area (Å²) in [4.78, 5) is 24.0. The van der Waals surface area contributed by atoms with Gasteiger partial charge in [0.15, 0.2) is 0 Å². The molecule has 0 saturated carbocycles. The Balaban J connectivity index is 2.71. The first-order chi connectivity index (χ1) is 8.70. The number of ether oxygens (including phenoxy) is 1. The van der Waals surface area contributed by atoms with Crippen molar-refractivity contribution in [3.63, 3.8) is 0 Å². The van der Waals surface area contributed by atoms with Crippen molar-refractivity contribution in [2.24, 2.45) is 0 Å². The molecule has 0 saturated heterocycles. The number of hydrogen-bond acceptors (Lipinski definition) is 3. The number of alkyl halides is 1. The summed E-state index contributed by atoms with van der Waals surface area (Å²) < 4.78 is 7.50. The SMILES string of the molecule is CCOC(=O)n1c2ccccc2c(=O)n1CCCl. The second kappa shape index (κ2) is 5.27. The van der Waals surface area contributed by atoms with E-state index >= 15 is 0 Å². The first-order valence-electron chi connectivity index (χ1n) is 5.64. The van der Waals surface area contributed by atoms with Crippen LogP contribution in [-0.2, 0) is 11.3 Å². The van der Waals surface area contributed by atoms with E-state index in [0.717, 1.165) is 0 Å². The van der Waals surface area contributed by atoms with Gasteiger partial charge in [-0.15, -0.1) is 11.6 Å². The Morgan fingerprint density at radius 3 is 2.78 bits per heavy atom. The largest absolute Gasteiger partial charge is 0.448 e. The van der Waals surface area contributed by atoms with Crippen molar-refractivity contribution in [3.05, 3.63) is 34.6 Å². The second-order valence-corrected chi connectivity index (χ2v) is 4.02. The van der Waals surface area contributed by atoms with Crippen LogP contribution in [0.3, 0.4) is 0 Å². The second-order valence-electron chi connectivity index (χ2n) is 3.65. The minimum atomic E-state index is -0.569. The van der Waals surface area contributed by atoms with Gasteiger partial charge in [-0.3, -0.25) is 4.79 Å². The molecule has 2 rings (SSSR count). The van der Waals surface area contributed by atoms with E-state index < -0.39 is 6.09 Å². The summed E-state index contributed by atoms with van der Waals surface area (Å²) >= 11 is 5.66. The van der Waals surface area contributed by atoms with Crippen LogP contribution in [0.1, 0.15) is 6.92 Å². The van der Waals surface area contributed by atoms with Gasteiger partial charge in [0, 0.05) is 5.88 Å². The number of nitrogens with zero attached hydrogens (tertiary/aromatic N) is 2. The van der Waals surface area contributed by atoms with Crippen molar-refractivity contribution in [1.29, 1.82) is 0 Å². The van der Waals surface area contributed by atoms with Crippen LogP contribution in [0.4, 0.5) is 4.79 Å². The number of halogens is 1. The number of carbonyl (C=O) groups is 1. The summed E-state index contributed by atoms with van der Waals surface area (Å²) in [5.41, 5.74) is 0.297. The van der Waals surface area contributed by atoms with Gasteiger partial charge in [0.1, 0.15) is 0 Å². The first kappa shape index (κ1) is 12.7. The maximum absolute atomic E-state index is 12.1. The van der Waals surface area contributed by atoms with Crippen LogP contribution in [0.2, 0.25) is 0 Å². The zero-order valence-electron chi connectivity index (χ0n) is 9.93. The molecule has 0 radical (unpaired) electrons. The minimum Gasteiger partial charge on any atom is -0.448 e. The molecule has 0 aliphatic carbocycles. The van der Waals surface area contributed by atoms with Gasteiger partial charge in [-0.2, -0.15) is 4.68 Å². The fraction of sp³-hybridized carbons (Fsp3) is 0.333. The molecule has 0 N–H and O–H groups in total. The molecule has 0 aliphatic rings. The van der Waals surface area contributed by atoms with E-state index in [1.165, 1.54) is 9.36 Å². The number of hydrogen-bond donors (Lipinski definition) is 0. The van der Waals surface area contributed by atoms with E-state index in [1.54, 1.807) is 31.2 Å². The molecule has 0 spiro atoms. The maximum atomic E-state index is 12.1. The monoisotopic (exact) mass is 268 g/mol. The molecule has 1 aromatic carbocycles. The quantitative estimate of drug-likeness (QED) is 0.801. The third kappa shape index (κ3) is 2.01. The van der Waals surface area contributed by atoms with E-state index in [4.69, 9.17) is 16.3 Å². The number of rotatable bonds is 3. The Morgan fingerprint density at radius 1 is 1.39 bits per heavy atom. The Morgan fingerprint density at radius 2 is 2.11 bits per heavy atom. The zero-order chi connectivity index (χ0) is 13.1. The average molecular weight is 269 g/mol. The highest BCUT2D eigenvalue weighted by atomic mass is 35.5. The Kier molecular flexibility index (Phi) is 3.72.